The van der Waals surface area contributed by atoms with Crippen LogP contribution in [0.3, 0.4) is 0 Å². The van der Waals surface area contributed by atoms with Crippen LogP contribution in [-0.4, -0.2) is 13.1 Å². The predicted octanol–water partition coefficient (Wildman–Crippen LogP) is 2.68. The Bertz CT molecular complexity index is 309. The zero-order chi connectivity index (χ0) is 10.7. The van der Waals surface area contributed by atoms with Gasteiger partial charge < -0.3 is 5.32 Å². The molecular weight excluding hydrogens is 189 g/mol. The van der Waals surface area contributed by atoms with E-state index in [1.165, 1.54) is 12.8 Å². The lowest BCUT2D eigenvalue weighted by Gasteiger charge is -2.22. The minimum atomic E-state index is -0.103. The van der Waals surface area contributed by atoms with E-state index >= 15 is 0 Å². The molecule has 0 saturated carbocycles. The molecule has 2 heteroatoms. The molecule has 1 atom stereocenters. The fourth-order valence-corrected chi connectivity index (χ4v) is 2.36. The van der Waals surface area contributed by atoms with E-state index in [4.69, 9.17) is 0 Å². The second-order valence-electron chi connectivity index (χ2n) is 4.55. The fourth-order valence-electron chi connectivity index (χ4n) is 2.36. The van der Waals surface area contributed by atoms with Gasteiger partial charge in [0.05, 0.1) is 0 Å². The van der Waals surface area contributed by atoms with E-state index in [-0.39, 0.29) is 5.82 Å². The predicted molar refractivity (Wildman–Crippen MR) is 60.4 cm³/mol. The summed E-state index contributed by atoms with van der Waals surface area (Å²) in [5.74, 6) is 0.578. The standard InChI is InChI=1S/C13H18FN/c1-10-5-12(8-13(14)6-10)7-11-3-2-4-15-9-11/h5-6,8,11,15H,2-4,7,9H2,1H3. The molecule has 1 aromatic rings. The van der Waals surface area contributed by atoms with Gasteiger partial charge in [-0.2, -0.15) is 0 Å². The van der Waals surface area contributed by atoms with Crippen LogP contribution in [0.4, 0.5) is 4.39 Å². The summed E-state index contributed by atoms with van der Waals surface area (Å²) in [6.45, 7) is 4.17. The Balaban J connectivity index is 2.02. The molecule has 1 nitrogen and oxygen atoms in total. The lowest BCUT2D eigenvalue weighted by atomic mass is 9.92. The van der Waals surface area contributed by atoms with Crippen molar-refractivity contribution in [2.45, 2.75) is 26.2 Å². The molecule has 1 fully saturated rings. The molecule has 0 aromatic heterocycles. The Morgan fingerprint density at radius 1 is 1.40 bits per heavy atom. The van der Waals surface area contributed by atoms with E-state index < -0.39 is 0 Å². The zero-order valence-corrected chi connectivity index (χ0v) is 9.22. The van der Waals surface area contributed by atoms with Gasteiger partial charge in [-0.3, -0.25) is 0 Å². The summed E-state index contributed by atoms with van der Waals surface area (Å²) < 4.78 is 13.2. The number of nitrogens with one attached hydrogen (secondary N) is 1. The average molecular weight is 207 g/mol. The molecule has 0 spiro atoms. The maximum Gasteiger partial charge on any atom is 0.123 e. The Hall–Kier alpha value is -0.890. The number of hydrogen-bond acceptors (Lipinski definition) is 1. The highest BCUT2D eigenvalue weighted by Crippen LogP contribution is 2.18. The summed E-state index contributed by atoms with van der Waals surface area (Å²) in [6.07, 6.45) is 3.52. The highest BCUT2D eigenvalue weighted by atomic mass is 19.1. The molecule has 0 aliphatic carbocycles. The summed E-state index contributed by atoms with van der Waals surface area (Å²) in [4.78, 5) is 0. The highest BCUT2D eigenvalue weighted by Gasteiger charge is 2.13. The van der Waals surface area contributed by atoms with E-state index in [0.717, 1.165) is 30.6 Å². The summed E-state index contributed by atoms with van der Waals surface area (Å²) in [7, 11) is 0. The number of benzene rings is 1. The summed E-state index contributed by atoms with van der Waals surface area (Å²) in [5.41, 5.74) is 2.16. The average Bonchev–Trinajstić information content (AvgIpc) is 2.17. The first kappa shape index (κ1) is 10.6. The molecule has 1 aliphatic rings. The molecule has 0 bridgehead atoms. The molecule has 15 heavy (non-hydrogen) atoms. The third-order valence-corrected chi connectivity index (χ3v) is 3.03. The summed E-state index contributed by atoms with van der Waals surface area (Å²) in [5, 5.41) is 3.39. The van der Waals surface area contributed by atoms with Crippen LogP contribution in [0.5, 0.6) is 0 Å². The topological polar surface area (TPSA) is 12.0 Å². The number of hydrogen-bond donors (Lipinski definition) is 1. The number of halogens is 1. The SMILES string of the molecule is Cc1cc(F)cc(CC2CCCNC2)c1. The monoisotopic (exact) mass is 207 g/mol. The normalized spacial score (nSPS) is 21.6. The Morgan fingerprint density at radius 3 is 2.93 bits per heavy atom. The van der Waals surface area contributed by atoms with Crippen molar-refractivity contribution in [3.05, 3.63) is 35.1 Å². The third-order valence-electron chi connectivity index (χ3n) is 3.03. The van der Waals surface area contributed by atoms with Gasteiger partial charge in [0.2, 0.25) is 0 Å². The maximum atomic E-state index is 13.2. The smallest absolute Gasteiger partial charge is 0.123 e. The van der Waals surface area contributed by atoms with Crippen molar-refractivity contribution in [3.63, 3.8) is 0 Å². The van der Waals surface area contributed by atoms with Gasteiger partial charge in [0.15, 0.2) is 0 Å². The Morgan fingerprint density at radius 2 is 2.27 bits per heavy atom. The maximum absolute atomic E-state index is 13.2. The first-order valence-electron chi connectivity index (χ1n) is 5.71. The molecule has 1 unspecified atom stereocenters. The van der Waals surface area contributed by atoms with Gasteiger partial charge in [0, 0.05) is 0 Å². The largest absolute Gasteiger partial charge is 0.316 e. The van der Waals surface area contributed by atoms with Gasteiger partial charge in [-0.1, -0.05) is 6.07 Å². The molecule has 0 amide bonds. The van der Waals surface area contributed by atoms with Crippen LogP contribution < -0.4 is 5.32 Å². The molecule has 82 valence electrons. The van der Waals surface area contributed by atoms with Crippen molar-refractivity contribution < 1.29 is 4.39 Å². The van der Waals surface area contributed by atoms with Crippen molar-refractivity contribution in [1.82, 2.24) is 5.32 Å². The van der Waals surface area contributed by atoms with Gasteiger partial charge in [0.25, 0.3) is 0 Å². The third kappa shape index (κ3) is 3.03. The highest BCUT2D eigenvalue weighted by molar-refractivity contribution is 5.24. The fraction of sp³-hybridized carbons (Fsp3) is 0.538. The van der Waals surface area contributed by atoms with E-state index in [9.17, 15) is 4.39 Å². The van der Waals surface area contributed by atoms with Gasteiger partial charge in [-0.25, -0.2) is 4.39 Å². The van der Waals surface area contributed by atoms with Crippen molar-refractivity contribution in [2.75, 3.05) is 13.1 Å². The van der Waals surface area contributed by atoms with Crippen molar-refractivity contribution >= 4 is 0 Å². The molecule has 1 aliphatic heterocycles. The van der Waals surface area contributed by atoms with Gasteiger partial charge in [0.1, 0.15) is 5.82 Å². The first-order valence-corrected chi connectivity index (χ1v) is 5.71. The van der Waals surface area contributed by atoms with Crippen LogP contribution in [0.1, 0.15) is 24.0 Å². The van der Waals surface area contributed by atoms with E-state index in [0.29, 0.717) is 5.92 Å². The zero-order valence-electron chi connectivity index (χ0n) is 9.22. The van der Waals surface area contributed by atoms with E-state index in [2.05, 4.69) is 11.4 Å². The first-order chi connectivity index (χ1) is 7.24. The lowest BCUT2D eigenvalue weighted by Crippen LogP contribution is -2.30. The Labute approximate surface area is 90.7 Å². The second-order valence-corrected chi connectivity index (χ2v) is 4.55. The van der Waals surface area contributed by atoms with Crippen LogP contribution in [0.2, 0.25) is 0 Å². The second kappa shape index (κ2) is 4.75. The number of piperidine rings is 1. The molecule has 1 aromatic carbocycles. The van der Waals surface area contributed by atoms with E-state index in [1.807, 2.05) is 6.92 Å². The van der Waals surface area contributed by atoms with Crippen molar-refractivity contribution in [1.29, 1.82) is 0 Å². The molecule has 0 radical (unpaired) electrons. The van der Waals surface area contributed by atoms with Crippen LogP contribution in [0.15, 0.2) is 18.2 Å². The molecule has 1 N–H and O–H groups in total. The van der Waals surface area contributed by atoms with Gasteiger partial charge in [-0.15, -0.1) is 0 Å². The minimum absolute atomic E-state index is 0.103. The van der Waals surface area contributed by atoms with E-state index in [1.54, 1.807) is 12.1 Å². The van der Waals surface area contributed by atoms with Crippen LogP contribution >= 0.6 is 0 Å². The number of aryl methyl sites for hydroxylation is 1. The number of rotatable bonds is 2. The van der Waals surface area contributed by atoms with Crippen LogP contribution in [0, 0.1) is 18.7 Å². The Kier molecular flexibility index (Phi) is 3.37. The van der Waals surface area contributed by atoms with Crippen molar-refractivity contribution in [2.24, 2.45) is 5.92 Å². The molecular formula is C13H18FN. The van der Waals surface area contributed by atoms with Crippen LogP contribution in [0.25, 0.3) is 0 Å². The molecule has 1 heterocycles. The van der Waals surface area contributed by atoms with Crippen LogP contribution in [-0.2, 0) is 6.42 Å². The van der Waals surface area contributed by atoms with Gasteiger partial charge >= 0.3 is 0 Å². The molecule has 2 rings (SSSR count). The lowest BCUT2D eigenvalue weighted by molar-refractivity contribution is 0.375. The summed E-state index contributed by atoms with van der Waals surface area (Å²) in [6, 6.07) is 5.35. The minimum Gasteiger partial charge on any atom is -0.316 e. The van der Waals surface area contributed by atoms with Gasteiger partial charge in [-0.05, 0) is 68.5 Å². The molecule has 1 saturated heterocycles. The van der Waals surface area contributed by atoms with Crippen molar-refractivity contribution in [3.8, 4) is 0 Å². The summed E-state index contributed by atoms with van der Waals surface area (Å²) >= 11 is 0. The quantitative estimate of drug-likeness (QED) is 0.786.